The number of halogens is 1. The highest BCUT2D eigenvalue weighted by atomic mass is 19.1. The Morgan fingerprint density at radius 3 is 2.61 bits per heavy atom. The first-order valence-corrected chi connectivity index (χ1v) is 10.7. The SMILES string of the molecule is CC(C)(C)OC(=O)CC1(O)CCN(c2ccc(N[C@@H]3CCC(=O)NC3O)cc2F)CC1. The quantitative estimate of drug-likeness (QED) is 0.521. The fourth-order valence-corrected chi connectivity index (χ4v) is 3.99. The molecule has 31 heavy (non-hydrogen) atoms. The molecule has 3 rings (SSSR count). The van der Waals surface area contributed by atoms with Gasteiger partial charge in [0.25, 0.3) is 0 Å². The topological polar surface area (TPSA) is 111 Å². The van der Waals surface area contributed by atoms with Gasteiger partial charge in [-0.15, -0.1) is 0 Å². The molecule has 1 amide bonds. The average molecular weight is 438 g/mol. The summed E-state index contributed by atoms with van der Waals surface area (Å²) in [6.07, 6.45) is 0.325. The number of aliphatic hydroxyl groups excluding tert-OH is 1. The molecule has 0 saturated carbocycles. The van der Waals surface area contributed by atoms with Crippen molar-refractivity contribution in [2.45, 2.75) is 76.3 Å². The second-order valence-electron chi connectivity index (χ2n) is 9.44. The third kappa shape index (κ3) is 6.30. The van der Waals surface area contributed by atoms with Crippen LogP contribution >= 0.6 is 0 Å². The van der Waals surface area contributed by atoms with Gasteiger partial charge in [0.15, 0.2) is 0 Å². The molecule has 2 aliphatic rings. The Labute approximate surface area is 181 Å². The summed E-state index contributed by atoms with van der Waals surface area (Å²) in [4.78, 5) is 25.2. The van der Waals surface area contributed by atoms with Crippen molar-refractivity contribution in [2.24, 2.45) is 0 Å². The van der Waals surface area contributed by atoms with Gasteiger partial charge in [0, 0.05) is 25.2 Å². The van der Waals surface area contributed by atoms with Crippen molar-refractivity contribution < 1.29 is 28.9 Å². The lowest BCUT2D eigenvalue weighted by Crippen LogP contribution is -2.51. The summed E-state index contributed by atoms with van der Waals surface area (Å²) in [5.41, 5.74) is -0.827. The number of ether oxygens (including phenoxy) is 1. The van der Waals surface area contributed by atoms with Crippen LogP contribution in [0.25, 0.3) is 0 Å². The first-order valence-electron chi connectivity index (χ1n) is 10.7. The summed E-state index contributed by atoms with van der Waals surface area (Å²) in [6.45, 7) is 6.17. The summed E-state index contributed by atoms with van der Waals surface area (Å²) in [7, 11) is 0. The number of anilines is 2. The predicted octanol–water partition coefficient (Wildman–Crippen LogP) is 1.90. The van der Waals surface area contributed by atoms with Crippen molar-refractivity contribution in [3.63, 3.8) is 0 Å². The van der Waals surface area contributed by atoms with Crippen LogP contribution in [0.2, 0.25) is 0 Å². The first-order chi connectivity index (χ1) is 14.4. The molecule has 4 N–H and O–H groups in total. The minimum atomic E-state index is -1.15. The number of hydrogen-bond donors (Lipinski definition) is 4. The van der Waals surface area contributed by atoms with E-state index in [1.807, 2.05) is 4.90 Å². The Morgan fingerprint density at radius 2 is 2.03 bits per heavy atom. The summed E-state index contributed by atoms with van der Waals surface area (Å²) in [5.74, 6) is -1.06. The second kappa shape index (κ2) is 9.00. The number of benzene rings is 1. The van der Waals surface area contributed by atoms with Crippen LogP contribution in [-0.2, 0) is 14.3 Å². The number of nitrogens with zero attached hydrogens (tertiary/aromatic N) is 1. The largest absolute Gasteiger partial charge is 0.460 e. The molecule has 0 aliphatic carbocycles. The van der Waals surface area contributed by atoms with E-state index in [0.29, 0.717) is 50.1 Å². The van der Waals surface area contributed by atoms with Crippen molar-refractivity contribution in [2.75, 3.05) is 23.3 Å². The molecule has 0 aromatic heterocycles. The Hall–Kier alpha value is -2.39. The van der Waals surface area contributed by atoms with Gasteiger partial charge in [0.2, 0.25) is 5.91 Å². The Morgan fingerprint density at radius 1 is 1.35 bits per heavy atom. The number of hydrogen-bond acceptors (Lipinski definition) is 7. The van der Waals surface area contributed by atoms with Gasteiger partial charge in [-0.25, -0.2) is 4.39 Å². The molecule has 2 heterocycles. The van der Waals surface area contributed by atoms with Crippen LogP contribution in [0.3, 0.4) is 0 Å². The van der Waals surface area contributed by atoms with E-state index in [1.54, 1.807) is 32.9 Å². The van der Waals surface area contributed by atoms with Crippen LogP contribution in [-0.4, -0.2) is 58.7 Å². The van der Waals surface area contributed by atoms with Crippen molar-refractivity contribution in [3.05, 3.63) is 24.0 Å². The smallest absolute Gasteiger partial charge is 0.309 e. The van der Waals surface area contributed by atoms with Gasteiger partial charge in [0.05, 0.1) is 23.8 Å². The summed E-state index contributed by atoms with van der Waals surface area (Å²) in [6, 6.07) is 4.35. The summed E-state index contributed by atoms with van der Waals surface area (Å²) in [5, 5.41) is 26.2. The molecular formula is C22H32FN3O5. The number of amides is 1. The number of aliphatic hydroxyl groups is 2. The Balaban J connectivity index is 1.57. The molecule has 2 fully saturated rings. The van der Waals surface area contributed by atoms with Crippen molar-refractivity contribution in [1.29, 1.82) is 0 Å². The van der Waals surface area contributed by atoms with Crippen LogP contribution in [0.5, 0.6) is 0 Å². The summed E-state index contributed by atoms with van der Waals surface area (Å²) >= 11 is 0. The minimum absolute atomic E-state index is 0.0797. The molecule has 0 spiro atoms. The minimum Gasteiger partial charge on any atom is -0.460 e. The molecule has 0 radical (unpaired) electrons. The third-order valence-electron chi connectivity index (χ3n) is 5.60. The van der Waals surface area contributed by atoms with Crippen LogP contribution in [0.1, 0.15) is 52.9 Å². The predicted molar refractivity (Wildman–Crippen MR) is 114 cm³/mol. The van der Waals surface area contributed by atoms with Gasteiger partial charge in [-0.3, -0.25) is 9.59 Å². The molecule has 0 bridgehead atoms. The zero-order chi connectivity index (χ0) is 22.8. The van der Waals surface area contributed by atoms with E-state index >= 15 is 0 Å². The molecule has 2 aliphatic heterocycles. The van der Waals surface area contributed by atoms with Gasteiger partial charge in [0.1, 0.15) is 17.6 Å². The number of carbonyl (C=O) groups is 2. The maximum Gasteiger partial charge on any atom is 0.309 e. The highest BCUT2D eigenvalue weighted by Gasteiger charge is 2.36. The van der Waals surface area contributed by atoms with E-state index in [9.17, 15) is 24.2 Å². The van der Waals surface area contributed by atoms with Gasteiger partial charge < -0.3 is 30.5 Å². The number of rotatable bonds is 5. The fourth-order valence-electron chi connectivity index (χ4n) is 3.99. The number of piperidine rings is 2. The van der Waals surface area contributed by atoms with Crippen molar-refractivity contribution >= 4 is 23.3 Å². The van der Waals surface area contributed by atoms with Crippen LogP contribution < -0.4 is 15.5 Å². The van der Waals surface area contributed by atoms with Gasteiger partial charge in [-0.05, 0) is 58.2 Å². The van der Waals surface area contributed by atoms with Gasteiger partial charge in [-0.2, -0.15) is 0 Å². The monoisotopic (exact) mass is 437 g/mol. The molecule has 2 atom stereocenters. The number of esters is 1. The van der Waals surface area contributed by atoms with E-state index in [0.717, 1.165) is 0 Å². The zero-order valence-electron chi connectivity index (χ0n) is 18.3. The molecule has 172 valence electrons. The molecular weight excluding hydrogens is 405 g/mol. The average Bonchev–Trinajstić information content (AvgIpc) is 2.63. The van der Waals surface area contributed by atoms with Gasteiger partial charge in [-0.1, -0.05) is 0 Å². The zero-order valence-corrected chi connectivity index (χ0v) is 18.3. The lowest BCUT2D eigenvalue weighted by molar-refractivity contribution is -0.161. The van der Waals surface area contributed by atoms with E-state index in [2.05, 4.69) is 10.6 Å². The Kier molecular flexibility index (Phi) is 6.76. The molecule has 1 unspecified atom stereocenters. The van der Waals surface area contributed by atoms with E-state index in [-0.39, 0.29) is 18.4 Å². The lowest BCUT2D eigenvalue weighted by atomic mass is 9.88. The molecule has 2 saturated heterocycles. The highest BCUT2D eigenvalue weighted by Crippen LogP contribution is 2.32. The van der Waals surface area contributed by atoms with Crippen molar-refractivity contribution in [3.8, 4) is 0 Å². The van der Waals surface area contributed by atoms with Crippen LogP contribution in [0.4, 0.5) is 15.8 Å². The molecule has 1 aromatic carbocycles. The van der Waals surface area contributed by atoms with Crippen molar-refractivity contribution in [1.82, 2.24) is 5.32 Å². The maximum atomic E-state index is 14.8. The van der Waals surface area contributed by atoms with E-state index in [1.165, 1.54) is 6.07 Å². The first kappa shape index (κ1) is 23.3. The number of nitrogens with one attached hydrogen (secondary N) is 2. The fraction of sp³-hybridized carbons (Fsp3) is 0.636. The van der Waals surface area contributed by atoms with Crippen LogP contribution in [0, 0.1) is 5.82 Å². The second-order valence-corrected chi connectivity index (χ2v) is 9.44. The third-order valence-corrected chi connectivity index (χ3v) is 5.60. The number of carbonyl (C=O) groups excluding carboxylic acids is 2. The maximum absolute atomic E-state index is 14.8. The van der Waals surface area contributed by atoms with E-state index in [4.69, 9.17) is 4.74 Å². The normalized spacial score (nSPS) is 23.8. The lowest BCUT2D eigenvalue weighted by Gasteiger charge is -2.39. The van der Waals surface area contributed by atoms with E-state index < -0.39 is 29.2 Å². The van der Waals surface area contributed by atoms with Gasteiger partial charge >= 0.3 is 5.97 Å². The molecule has 8 nitrogen and oxygen atoms in total. The highest BCUT2D eigenvalue weighted by molar-refractivity contribution is 5.77. The Bertz CT molecular complexity index is 818. The summed E-state index contributed by atoms with van der Waals surface area (Å²) < 4.78 is 20.1. The molecule has 1 aromatic rings. The molecule has 9 heteroatoms. The van der Waals surface area contributed by atoms with Crippen LogP contribution in [0.15, 0.2) is 18.2 Å². The standard InChI is InChI=1S/C22H32FN3O5/c1-21(2,3)31-19(28)13-22(30)8-10-26(11-9-22)17-6-4-14(12-15(17)23)24-16-5-7-18(27)25-20(16)29/h4,6,12,16,20,24,29-30H,5,7-11,13H2,1-3H3,(H,25,27)/t16-,20?/m1/s1.